The lowest BCUT2D eigenvalue weighted by Crippen LogP contribution is -2.49. The maximum atomic E-state index is 12.5. The van der Waals surface area contributed by atoms with Crippen LogP contribution in [-0.2, 0) is 14.3 Å². The molecule has 1 amide bonds. The third-order valence-electron chi connectivity index (χ3n) is 3.95. The molecule has 1 aromatic heterocycles. The summed E-state index contributed by atoms with van der Waals surface area (Å²) in [5.41, 5.74) is 1.17. The van der Waals surface area contributed by atoms with E-state index in [-0.39, 0.29) is 24.2 Å². The zero-order valence-corrected chi connectivity index (χ0v) is 13.1. The Morgan fingerprint density at radius 1 is 1.52 bits per heavy atom. The number of rotatable bonds is 3. The second-order valence-electron chi connectivity index (χ2n) is 5.72. The molecule has 2 aliphatic rings. The van der Waals surface area contributed by atoms with Gasteiger partial charge in [0.15, 0.2) is 0 Å². The molecule has 3 rings (SSSR count). The number of morpholine rings is 2. The summed E-state index contributed by atoms with van der Waals surface area (Å²) in [6, 6.07) is 2.22. The molecule has 2 saturated heterocycles. The summed E-state index contributed by atoms with van der Waals surface area (Å²) in [5, 5.41) is 7.49. The molecule has 0 aromatic carbocycles. The zero-order chi connectivity index (χ0) is 14.7. The lowest BCUT2D eigenvalue weighted by atomic mass is 10.1. The number of carbonyl (C=O) groups is 1. The second kappa shape index (κ2) is 6.87. The van der Waals surface area contributed by atoms with Crippen molar-refractivity contribution in [3.8, 4) is 0 Å². The molecule has 6 heteroatoms. The largest absolute Gasteiger partial charge is 0.378 e. The Kier molecular flexibility index (Phi) is 4.90. The maximum Gasteiger partial charge on any atom is 0.224 e. The summed E-state index contributed by atoms with van der Waals surface area (Å²) in [6.45, 7) is 5.54. The normalized spacial score (nSPS) is 30.3. The molecule has 0 radical (unpaired) electrons. The van der Waals surface area contributed by atoms with Gasteiger partial charge in [-0.2, -0.15) is 11.3 Å². The van der Waals surface area contributed by atoms with Crippen molar-refractivity contribution in [1.82, 2.24) is 10.2 Å². The van der Waals surface area contributed by atoms with E-state index in [2.05, 4.69) is 16.8 Å². The van der Waals surface area contributed by atoms with Crippen molar-refractivity contribution in [3.05, 3.63) is 22.4 Å². The van der Waals surface area contributed by atoms with Gasteiger partial charge >= 0.3 is 0 Å². The highest BCUT2D eigenvalue weighted by Crippen LogP contribution is 2.27. The predicted molar refractivity (Wildman–Crippen MR) is 81.4 cm³/mol. The topological polar surface area (TPSA) is 50.8 Å². The highest BCUT2D eigenvalue weighted by Gasteiger charge is 2.30. The van der Waals surface area contributed by atoms with Gasteiger partial charge in [-0.15, -0.1) is 0 Å². The van der Waals surface area contributed by atoms with E-state index < -0.39 is 0 Å². The Labute approximate surface area is 129 Å². The number of ether oxygens (including phenoxy) is 2. The molecule has 0 spiro atoms. The van der Waals surface area contributed by atoms with Gasteiger partial charge in [0, 0.05) is 25.6 Å². The van der Waals surface area contributed by atoms with E-state index in [1.807, 2.05) is 17.2 Å². The van der Waals surface area contributed by atoms with Crippen LogP contribution < -0.4 is 5.32 Å². The van der Waals surface area contributed by atoms with E-state index in [4.69, 9.17) is 9.47 Å². The molecule has 21 heavy (non-hydrogen) atoms. The first kappa shape index (κ1) is 15.0. The molecule has 2 aliphatic heterocycles. The number of carbonyl (C=O) groups excluding carboxylic acids is 1. The molecule has 1 aromatic rings. The molecule has 0 bridgehead atoms. The Morgan fingerprint density at radius 2 is 2.43 bits per heavy atom. The highest BCUT2D eigenvalue weighted by molar-refractivity contribution is 7.07. The van der Waals surface area contributed by atoms with E-state index in [9.17, 15) is 4.79 Å². The van der Waals surface area contributed by atoms with Crippen LogP contribution in [0.5, 0.6) is 0 Å². The molecule has 2 fully saturated rings. The monoisotopic (exact) mass is 310 g/mol. The number of nitrogens with zero attached hydrogens (tertiary/aromatic N) is 1. The fraction of sp³-hybridized carbons (Fsp3) is 0.667. The van der Waals surface area contributed by atoms with Crippen LogP contribution in [0.1, 0.15) is 25.0 Å². The van der Waals surface area contributed by atoms with E-state index >= 15 is 0 Å². The third kappa shape index (κ3) is 3.83. The second-order valence-corrected chi connectivity index (χ2v) is 6.50. The van der Waals surface area contributed by atoms with Gasteiger partial charge in [-0.05, 0) is 29.3 Å². The standard InChI is InChI=1S/C15H22N2O3S/c1-11-7-17(8-14(20-11)12-2-5-21-10-12)15(18)6-13-9-19-4-3-16-13/h2,5,10-11,13-14,16H,3-4,6-9H2,1H3. The Morgan fingerprint density at radius 3 is 3.14 bits per heavy atom. The molecule has 3 atom stereocenters. The fourth-order valence-corrected chi connectivity index (χ4v) is 3.59. The molecule has 3 unspecified atom stereocenters. The minimum absolute atomic E-state index is 0.000449. The van der Waals surface area contributed by atoms with E-state index in [0.717, 1.165) is 13.2 Å². The van der Waals surface area contributed by atoms with Gasteiger partial charge in [-0.25, -0.2) is 0 Å². The number of hydrogen-bond donors (Lipinski definition) is 1. The summed E-state index contributed by atoms with van der Waals surface area (Å²) >= 11 is 1.66. The van der Waals surface area contributed by atoms with Gasteiger partial charge in [0.1, 0.15) is 6.10 Å². The van der Waals surface area contributed by atoms with Crippen LogP contribution in [0.25, 0.3) is 0 Å². The van der Waals surface area contributed by atoms with Crippen molar-refractivity contribution < 1.29 is 14.3 Å². The van der Waals surface area contributed by atoms with Gasteiger partial charge in [-0.3, -0.25) is 4.79 Å². The van der Waals surface area contributed by atoms with Crippen LogP contribution in [0.4, 0.5) is 0 Å². The minimum Gasteiger partial charge on any atom is -0.378 e. The Balaban J connectivity index is 1.59. The summed E-state index contributed by atoms with van der Waals surface area (Å²) in [7, 11) is 0. The Bertz CT molecular complexity index is 459. The SMILES string of the molecule is CC1CN(C(=O)CC2COCCN2)CC(c2ccsc2)O1. The van der Waals surface area contributed by atoms with Gasteiger partial charge in [-0.1, -0.05) is 0 Å². The van der Waals surface area contributed by atoms with Crippen molar-refractivity contribution in [2.45, 2.75) is 31.6 Å². The molecular weight excluding hydrogens is 288 g/mol. The van der Waals surface area contributed by atoms with Crippen molar-refractivity contribution in [2.75, 3.05) is 32.8 Å². The first-order chi connectivity index (χ1) is 10.2. The lowest BCUT2D eigenvalue weighted by molar-refractivity contribution is -0.146. The van der Waals surface area contributed by atoms with Crippen molar-refractivity contribution >= 4 is 17.2 Å². The first-order valence-corrected chi connectivity index (χ1v) is 8.43. The number of hydrogen-bond acceptors (Lipinski definition) is 5. The molecule has 3 heterocycles. The molecule has 0 aliphatic carbocycles. The number of amides is 1. The van der Waals surface area contributed by atoms with E-state index in [1.54, 1.807) is 11.3 Å². The average molecular weight is 310 g/mol. The summed E-state index contributed by atoms with van der Waals surface area (Å²) < 4.78 is 11.4. The third-order valence-corrected chi connectivity index (χ3v) is 4.65. The van der Waals surface area contributed by atoms with Crippen LogP contribution >= 0.6 is 11.3 Å². The molecular formula is C15H22N2O3S. The van der Waals surface area contributed by atoms with Crippen LogP contribution in [0.2, 0.25) is 0 Å². The van der Waals surface area contributed by atoms with Crippen molar-refractivity contribution in [1.29, 1.82) is 0 Å². The molecule has 5 nitrogen and oxygen atoms in total. The van der Waals surface area contributed by atoms with E-state index in [1.165, 1.54) is 5.56 Å². The van der Waals surface area contributed by atoms with Crippen LogP contribution in [0.3, 0.4) is 0 Å². The summed E-state index contributed by atoms with van der Waals surface area (Å²) in [5.74, 6) is 0.188. The lowest BCUT2D eigenvalue weighted by Gasteiger charge is -2.37. The Hall–Kier alpha value is -0.950. The van der Waals surface area contributed by atoms with Gasteiger partial charge < -0.3 is 19.7 Å². The van der Waals surface area contributed by atoms with E-state index in [0.29, 0.717) is 26.1 Å². The highest BCUT2D eigenvalue weighted by atomic mass is 32.1. The van der Waals surface area contributed by atoms with Crippen molar-refractivity contribution in [2.24, 2.45) is 0 Å². The predicted octanol–water partition coefficient (Wildman–Crippen LogP) is 1.42. The number of thiophene rings is 1. The van der Waals surface area contributed by atoms with Crippen LogP contribution in [0, 0.1) is 0 Å². The van der Waals surface area contributed by atoms with Crippen LogP contribution in [-0.4, -0.2) is 55.8 Å². The average Bonchev–Trinajstić information content (AvgIpc) is 3.02. The molecule has 1 N–H and O–H groups in total. The quantitative estimate of drug-likeness (QED) is 0.917. The van der Waals surface area contributed by atoms with Gasteiger partial charge in [0.2, 0.25) is 5.91 Å². The van der Waals surface area contributed by atoms with Gasteiger partial charge in [0.05, 0.1) is 25.9 Å². The summed E-state index contributed by atoms with van der Waals surface area (Å²) in [4.78, 5) is 14.4. The number of nitrogens with one attached hydrogen (secondary N) is 1. The molecule has 0 saturated carbocycles. The van der Waals surface area contributed by atoms with Crippen molar-refractivity contribution in [3.63, 3.8) is 0 Å². The minimum atomic E-state index is -0.000449. The first-order valence-electron chi connectivity index (χ1n) is 7.49. The molecule has 116 valence electrons. The zero-order valence-electron chi connectivity index (χ0n) is 12.3. The smallest absolute Gasteiger partial charge is 0.224 e. The summed E-state index contributed by atoms with van der Waals surface area (Å²) in [6.07, 6.45) is 0.575. The van der Waals surface area contributed by atoms with Crippen LogP contribution in [0.15, 0.2) is 16.8 Å². The fourth-order valence-electron chi connectivity index (χ4n) is 2.89. The maximum absolute atomic E-state index is 12.5. The van der Waals surface area contributed by atoms with Gasteiger partial charge in [0.25, 0.3) is 0 Å².